The summed E-state index contributed by atoms with van der Waals surface area (Å²) in [4.78, 5) is 11.1. The van der Waals surface area contributed by atoms with Crippen LogP contribution in [0.15, 0.2) is 0 Å². The summed E-state index contributed by atoms with van der Waals surface area (Å²) in [6.07, 6.45) is 1.17. The van der Waals surface area contributed by atoms with E-state index in [0.717, 1.165) is 26.2 Å². The lowest BCUT2D eigenvalue weighted by Gasteiger charge is -2.36. The summed E-state index contributed by atoms with van der Waals surface area (Å²) in [6, 6.07) is 0.859. The number of nitrogens with one attached hydrogen (secondary N) is 1. The predicted molar refractivity (Wildman–Crippen MR) is 86.4 cm³/mol. The minimum absolute atomic E-state index is 0.410. The first kappa shape index (κ1) is 15.9. The van der Waals surface area contributed by atoms with Crippen LogP contribution in [0.4, 0.5) is 0 Å². The lowest BCUT2D eigenvalue weighted by Crippen LogP contribution is -2.44. The third kappa shape index (κ3) is 3.58. The molecule has 0 radical (unpaired) electrons. The first-order valence-corrected chi connectivity index (χ1v) is 8.44. The van der Waals surface area contributed by atoms with Crippen LogP contribution in [0.2, 0.25) is 0 Å². The predicted octanol–water partition coefficient (Wildman–Crippen LogP) is 2.43. The van der Waals surface area contributed by atoms with Crippen LogP contribution in [0, 0.1) is 6.92 Å². The molecule has 1 aromatic heterocycles. The van der Waals surface area contributed by atoms with Crippen LogP contribution < -0.4 is 5.32 Å². The van der Waals surface area contributed by atoms with E-state index in [-0.39, 0.29) is 0 Å². The van der Waals surface area contributed by atoms with E-state index in [1.165, 1.54) is 22.0 Å². The van der Waals surface area contributed by atoms with E-state index in [4.69, 9.17) is 4.98 Å². The van der Waals surface area contributed by atoms with E-state index in [1.807, 2.05) is 11.3 Å². The zero-order chi connectivity index (χ0) is 14.7. The molecule has 0 aliphatic carbocycles. The fourth-order valence-electron chi connectivity index (χ4n) is 2.70. The summed E-state index contributed by atoms with van der Waals surface area (Å²) in [5, 5.41) is 4.85. The number of likely N-dealkylation sites (N-methyl/N-ethyl adjacent to an activating group) is 2. The van der Waals surface area contributed by atoms with Crippen molar-refractivity contribution in [1.29, 1.82) is 0 Å². The lowest BCUT2D eigenvalue weighted by molar-refractivity contribution is 0.115. The van der Waals surface area contributed by atoms with E-state index in [1.54, 1.807) is 0 Å². The SMILES string of the molecule is CCCNC(C)c1sc(C2CN(C)CCN2C)nc1C. The maximum absolute atomic E-state index is 4.86. The van der Waals surface area contributed by atoms with Crippen molar-refractivity contribution in [2.24, 2.45) is 0 Å². The Bertz CT molecular complexity index is 432. The Kier molecular flexibility index (Phi) is 5.55. The monoisotopic (exact) mass is 296 g/mol. The van der Waals surface area contributed by atoms with Crippen LogP contribution in [0.1, 0.15) is 47.9 Å². The van der Waals surface area contributed by atoms with Crippen molar-refractivity contribution < 1.29 is 0 Å². The number of nitrogens with zero attached hydrogens (tertiary/aromatic N) is 3. The highest BCUT2D eigenvalue weighted by Gasteiger charge is 2.27. The summed E-state index contributed by atoms with van der Waals surface area (Å²) in [5.41, 5.74) is 1.20. The van der Waals surface area contributed by atoms with Crippen LogP contribution >= 0.6 is 11.3 Å². The van der Waals surface area contributed by atoms with Gasteiger partial charge in [-0.1, -0.05) is 6.92 Å². The van der Waals surface area contributed by atoms with Crippen LogP contribution in [-0.4, -0.2) is 55.1 Å². The number of hydrogen-bond donors (Lipinski definition) is 1. The average molecular weight is 296 g/mol. The number of hydrogen-bond acceptors (Lipinski definition) is 5. The third-order valence-electron chi connectivity index (χ3n) is 4.08. The molecular weight excluding hydrogens is 268 g/mol. The largest absolute Gasteiger partial charge is 0.309 e. The maximum Gasteiger partial charge on any atom is 0.112 e. The van der Waals surface area contributed by atoms with E-state index in [9.17, 15) is 0 Å². The van der Waals surface area contributed by atoms with E-state index in [0.29, 0.717) is 12.1 Å². The lowest BCUT2D eigenvalue weighted by atomic mass is 10.2. The minimum atomic E-state index is 0.410. The van der Waals surface area contributed by atoms with Gasteiger partial charge in [0, 0.05) is 30.6 Å². The molecule has 1 aliphatic heterocycles. The van der Waals surface area contributed by atoms with E-state index < -0.39 is 0 Å². The molecule has 0 amide bonds. The molecule has 5 heteroatoms. The molecule has 4 nitrogen and oxygen atoms in total. The second-order valence-corrected chi connectivity index (χ2v) is 7.00. The van der Waals surface area contributed by atoms with E-state index in [2.05, 4.69) is 50.0 Å². The Labute approximate surface area is 127 Å². The van der Waals surface area contributed by atoms with E-state index >= 15 is 0 Å². The van der Waals surface area contributed by atoms with Gasteiger partial charge in [0.1, 0.15) is 5.01 Å². The number of thiazole rings is 1. The van der Waals surface area contributed by atoms with Gasteiger partial charge in [-0.25, -0.2) is 4.98 Å². The van der Waals surface area contributed by atoms with Crippen LogP contribution in [0.5, 0.6) is 0 Å². The highest BCUT2D eigenvalue weighted by atomic mass is 32.1. The first-order valence-electron chi connectivity index (χ1n) is 7.62. The second kappa shape index (κ2) is 6.98. The summed E-state index contributed by atoms with van der Waals surface area (Å²) in [6.45, 7) is 11.0. The summed E-state index contributed by atoms with van der Waals surface area (Å²) in [7, 11) is 4.42. The average Bonchev–Trinajstić information content (AvgIpc) is 2.80. The second-order valence-electron chi connectivity index (χ2n) is 5.94. The Balaban J connectivity index is 2.13. The fourth-order valence-corrected chi connectivity index (χ4v) is 3.96. The maximum atomic E-state index is 4.86. The van der Waals surface area contributed by atoms with Gasteiger partial charge in [0.2, 0.25) is 0 Å². The van der Waals surface area contributed by atoms with Gasteiger partial charge in [-0.05, 0) is 40.9 Å². The van der Waals surface area contributed by atoms with Crippen molar-refractivity contribution >= 4 is 11.3 Å². The molecule has 0 bridgehead atoms. The Morgan fingerprint density at radius 1 is 1.40 bits per heavy atom. The van der Waals surface area contributed by atoms with Gasteiger partial charge in [0.25, 0.3) is 0 Å². The molecule has 1 aromatic rings. The van der Waals surface area contributed by atoms with Gasteiger partial charge < -0.3 is 10.2 Å². The van der Waals surface area contributed by atoms with Crippen molar-refractivity contribution in [1.82, 2.24) is 20.1 Å². The smallest absolute Gasteiger partial charge is 0.112 e. The molecule has 0 spiro atoms. The number of rotatable bonds is 5. The molecule has 1 saturated heterocycles. The van der Waals surface area contributed by atoms with Crippen molar-refractivity contribution in [3.63, 3.8) is 0 Å². The van der Waals surface area contributed by atoms with Gasteiger partial charge in [-0.3, -0.25) is 4.90 Å². The minimum Gasteiger partial charge on any atom is -0.309 e. The quantitative estimate of drug-likeness (QED) is 0.904. The Morgan fingerprint density at radius 2 is 2.15 bits per heavy atom. The molecule has 114 valence electrons. The molecule has 2 rings (SSSR count). The zero-order valence-corrected chi connectivity index (χ0v) is 14.3. The van der Waals surface area contributed by atoms with Crippen LogP contribution in [0.3, 0.4) is 0 Å². The fraction of sp³-hybridized carbons (Fsp3) is 0.800. The zero-order valence-electron chi connectivity index (χ0n) is 13.4. The van der Waals surface area contributed by atoms with Gasteiger partial charge in [0.05, 0.1) is 11.7 Å². The van der Waals surface area contributed by atoms with Crippen LogP contribution in [-0.2, 0) is 0 Å². The van der Waals surface area contributed by atoms with Gasteiger partial charge in [0.15, 0.2) is 0 Å². The van der Waals surface area contributed by atoms with Crippen molar-refractivity contribution in [3.8, 4) is 0 Å². The summed E-state index contributed by atoms with van der Waals surface area (Å²) < 4.78 is 0. The van der Waals surface area contributed by atoms with Crippen molar-refractivity contribution in [2.45, 2.75) is 39.3 Å². The molecule has 2 atom stereocenters. The summed E-state index contributed by atoms with van der Waals surface area (Å²) in [5.74, 6) is 0. The van der Waals surface area contributed by atoms with Crippen LogP contribution in [0.25, 0.3) is 0 Å². The van der Waals surface area contributed by atoms with Crippen molar-refractivity contribution in [3.05, 3.63) is 15.6 Å². The Morgan fingerprint density at radius 3 is 2.85 bits per heavy atom. The molecule has 2 unspecified atom stereocenters. The standard InChI is InChI=1S/C15H28N4S/c1-6-7-16-11(2)14-12(3)17-15(20-14)13-10-18(4)8-9-19(13)5/h11,13,16H,6-10H2,1-5H3. The topological polar surface area (TPSA) is 31.4 Å². The summed E-state index contributed by atoms with van der Waals surface area (Å²) >= 11 is 1.89. The third-order valence-corrected chi connectivity index (χ3v) is 5.52. The van der Waals surface area contributed by atoms with Gasteiger partial charge in [-0.2, -0.15) is 0 Å². The molecule has 20 heavy (non-hydrogen) atoms. The van der Waals surface area contributed by atoms with Gasteiger partial charge >= 0.3 is 0 Å². The molecule has 0 saturated carbocycles. The molecule has 2 heterocycles. The highest BCUT2D eigenvalue weighted by Crippen LogP contribution is 2.32. The molecule has 1 N–H and O–H groups in total. The first-order chi connectivity index (χ1) is 9.52. The molecular formula is C15H28N4S. The van der Waals surface area contributed by atoms with Crippen molar-refractivity contribution in [2.75, 3.05) is 40.3 Å². The highest BCUT2D eigenvalue weighted by molar-refractivity contribution is 7.11. The number of aromatic nitrogens is 1. The number of aryl methyl sites for hydroxylation is 1. The molecule has 1 aliphatic rings. The molecule has 0 aromatic carbocycles. The molecule has 1 fully saturated rings. The van der Waals surface area contributed by atoms with Gasteiger partial charge in [-0.15, -0.1) is 11.3 Å². The normalized spacial score (nSPS) is 23.1. The Hall–Kier alpha value is -0.490. The number of piperazine rings is 1.